The second-order valence-corrected chi connectivity index (χ2v) is 6.16. The number of hydrogen-bond donors (Lipinski definition) is 2. The van der Waals surface area contributed by atoms with E-state index in [1.165, 1.54) is 6.42 Å². The number of carboxylic acids is 1. The van der Waals surface area contributed by atoms with Crippen molar-refractivity contribution in [3.05, 3.63) is 35.9 Å². The van der Waals surface area contributed by atoms with Gasteiger partial charge in [-0.3, -0.25) is 9.59 Å². The van der Waals surface area contributed by atoms with Crippen LogP contribution in [0.3, 0.4) is 0 Å². The minimum atomic E-state index is -0.997. The highest BCUT2D eigenvalue weighted by Gasteiger charge is 2.29. The van der Waals surface area contributed by atoms with E-state index in [9.17, 15) is 14.7 Å². The molecule has 1 atom stereocenters. The van der Waals surface area contributed by atoms with Gasteiger partial charge in [-0.2, -0.15) is 0 Å². The molecule has 1 aliphatic carbocycles. The van der Waals surface area contributed by atoms with Crippen LogP contribution in [-0.4, -0.2) is 23.5 Å². The molecule has 4 heteroatoms. The molecule has 1 unspecified atom stereocenters. The van der Waals surface area contributed by atoms with Crippen LogP contribution < -0.4 is 5.32 Å². The van der Waals surface area contributed by atoms with E-state index in [0.717, 1.165) is 37.7 Å². The molecule has 0 radical (unpaired) electrons. The molecule has 1 aliphatic rings. The van der Waals surface area contributed by atoms with E-state index in [4.69, 9.17) is 0 Å². The Morgan fingerprint density at radius 3 is 2.45 bits per heavy atom. The van der Waals surface area contributed by atoms with Crippen LogP contribution >= 0.6 is 0 Å². The number of aliphatic carboxylic acids is 1. The van der Waals surface area contributed by atoms with Crippen LogP contribution in [0.25, 0.3) is 0 Å². The number of hydrogen-bond acceptors (Lipinski definition) is 2. The summed E-state index contributed by atoms with van der Waals surface area (Å²) < 4.78 is 0. The van der Waals surface area contributed by atoms with E-state index in [0.29, 0.717) is 18.9 Å². The molecule has 1 aromatic rings. The number of benzene rings is 1. The maximum absolute atomic E-state index is 12.2. The first-order chi connectivity index (χ1) is 10.7. The molecule has 4 nitrogen and oxygen atoms in total. The van der Waals surface area contributed by atoms with Crippen LogP contribution in [0.1, 0.15) is 44.1 Å². The average molecular weight is 303 g/mol. The summed E-state index contributed by atoms with van der Waals surface area (Å²) >= 11 is 0. The van der Waals surface area contributed by atoms with E-state index in [1.54, 1.807) is 0 Å². The van der Waals surface area contributed by atoms with Gasteiger partial charge in [-0.1, -0.05) is 62.4 Å². The molecular weight excluding hydrogens is 278 g/mol. The van der Waals surface area contributed by atoms with Gasteiger partial charge in [0, 0.05) is 6.54 Å². The lowest BCUT2D eigenvalue weighted by molar-refractivity contribution is -0.147. The standard InChI is InChI=1S/C18H25NO3/c20-17(19-12-11-14-7-3-1-4-8-14)16(18(21)22)13-15-9-5-2-6-10-15/h1,3-4,7-8,15-16H,2,5-6,9-13H2,(H,19,20)(H,21,22). The lowest BCUT2D eigenvalue weighted by Crippen LogP contribution is -2.37. The predicted molar refractivity (Wildman–Crippen MR) is 85.5 cm³/mol. The van der Waals surface area contributed by atoms with Crippen molar-refractivity contribution in [1.82, 2.24) is 5.32 Å². The maximum Gasteiger partial charge on any atom is 0.316 e. The van der Waals surface area contributed by atoms with Crippen LogP contribution in [0.15, 0.2) is 30.3 Å². The molecule has 1 saturated carbocycles. The number of carbonyl (C=O) groups excluding carboxylic acids is 1. The van der Waals surface area contributed by atoms with Gasteiger partial charge in [-0.25, -0.2) is 0 Å². The highest BCUT2D eigenvalue weighted by atomic mass is 16.4. The van der Waals surface area contributed by atoms with Gasteiger partial charge in [-0.15, -0.1) is 0 Å². The molecule has 0 heterocycles. The van der Waals surface area contributed by atoms with Crippen molar-refractivity contribution in [2.24, 2.45) is 11.8 Å². The van der Waals surface area contributed by atoms with E-state index in [2.05, 4.69) is 5.32 Å². The minimum absolute atomic E-state index is 0.339. The molecule has 0 saturated heterocycles. The fraction of sp³-hybridized carbons (Fsp3) is 0.556. The number of nitrogens with one attached hydrogen (secondary N) is 1. The first-order valence-electron chi connectivity index (χ1n) is 8.21. The molecule has 0 aromatic heterocycles. The molecule has 1 amide bonds. The SMILES string of the molecule is O=C(O)C(CC1CCCCC1)C(=O)NCCc1ccccc1. The third kappa shape index (κ3) is 5.17. The lowest BCUT2D eigenvalue weighted by Gasteiger charge is -2.24. The quantitative estimate of drug-likeness (QED) is 0.761. The van der Waals surface area contributed by atoms with Crippen LogP contribution in [0.5, 0.6) is 0 Å². The number of amides is 1. The highest BCUT2D eigenvalue weighted by molar-refractivity contribution is 5.96. The van der Waals surface area contributed by atoms with E-state index >= 15 is 0 Å². The Morgan fingerprint density at radius 2 is 1.82 bits per heavy atom. The predicted octanol–water partition coefficient (Wildman–Crippen LogP) is 3.02. The molecule has 120 valence electrons. The molecule has 0 bridgehead atoms. The second kappa shape index (κ2) is 8.57. The van der Waals surface area contributed by atoms with Crippen molar-refractivity contribution in [2.45, 2.75) is 44.9 Å². The Balaban J connectivity index is 1.80. The molecule has 2 rings (SSSR count). The third-order valence-electron chi connectivity index (χ3n) is 4.46. The summed E-state index contributed by atoms with van der Waals surface area (Å²) in [7, 11) is 0. The fourth-order valence-electron chi connectivity index (χ4n) is 3.17. The Hall–Kier alpha value is -1.84. The molecule has 22 heavy (non-hydrogen) atoms. The van der Waals surface area contributed by atoms with Crippen molar-refractivity contribution in [2.75, 3.05) is 6.54 Å². The summed E-state index contributed by atoms with van der Waals surface area (Å²) in [5.74, 6) is -1.86. The van der Waals surface area contributed by atoms with Crippen molar-refractivity contribution in [3.63, 3.8) is 0 Å². The van der Waals surface area contributed by atoms with Gasteiger partial charge in [0.2, 0.25) is 5.91 Å². The second-order valence-electron chi connectivity index (χ2n) is 6.16. The van der Waals surface area contributed by atoms with Crippen LogP contribution in [0, 0.1) is 11.8 Å². The van der Waals surface area contributed by atoms with Gasteiger partial charge in [0.15, 0.2) is 0 Å². The minimum Gasteiger partial charge on any atom is -0.481 e. The summed E-state index contributed by atoms with van der Waals surface area (Å²) in [6, 6.07) is 9.87. The molecule has 2 N–H and O–H groups in total. The summed E-state index contributed by atoms with van der Waals surface area (Å²) in [5, 5.41) is 12.1. The molecule has 1 aromatic carbocycles. The Morgan fingerprint density at radius 1 is 1.14 bits per heavy atom. The topological polar surface area (TPSA) is 66.4 Å². The van der Waals surface area contributed by atoms with Gasteiger partial charge < -0.3 is 10.4 Å². The number of carboxylic acid groups (broad SMARTS) is 1. The lowest BCUT2D eigenvalue weighted by atomic mass is 9.82. The van der Waals surface area contributed by atoms with Gasteiger partial charge in [-0.05, 0) is 24.3 Å². The van der Waals surface area contributed by atoms with Crippen LogP contribution in [0.4, 0.5) is 0 Å². The maximum atomic E-state index is 12.2. The van der Waals surface area contributed by atoms with Gasteiger partial charge in [0.25, 0.3) is 0 Å². The number of rotatable bonds is 7. The first-order valence-corrected chi connectivity index (χ1v) is 8.21. The first kappa shape index (κ1) is 16.5. The molecule has 0 spiro atoms. The third-order valence-corrected chi connectivity index (χ3v) is 4.46. The zero-order valence-electron chi connectivity index (χ0n) is 13.0. The summed E-state index contributed by atoms with van der Waals surface area (Å²) in [4.78, 5) is 23.5. The molecule has 1 fully saturated rings. The monoisotopic (exact) mass is 303 g/mol. The number of carbonyl (C=O) groups is 2. The summed E-state index contributed by atoms with van der Waals surface area (Å²) in [6.07, 6.45) is 6.87. The molecule has 0 aliphatic heterocycles. The Kier molecular flexibility index (Phi) is 6.44. The van der Waals surface area contributed by atoms with Crippen LogP contribution in [0.2, 0.25) is 0 Å². The normalized spacial score (nSPS) is 16.9. The smallest absolute Gasteiger partial charge is 0.316 e. The van der Waals surface area contributed by atoms with Crippen molar-refractivity contribution < 1.29 is 14.7 Å². The largest absolute Gasteiger partial charge is 0.481 e. The van der Waals surface area contributed by atoms with Crippen molar-refractivity contribution >= 4 is 11.9 Å². The summed E-state index contributed by atoms with van der Waals surface area (Å²) in [5.41, 5.74) is 1.14. The average Bonchev–Trinajstić information content (AvgIpc) is 2.54. The highest BCUT2D eigenvalue weighted by Crippen LogP contribution is 2.29. The summed E-state index contributed by atoms with van der Waals surface area (Å²) in [6.45, 7) is 0.483. The van der Waals surface area contributed by atoms with Gasteiger partial charge in [0.05, 0.1) is 0 Å². The Labute approximate surface area is 131 Å². The zero-order chi connectivity index (χ0) is 15.8. The van der Waals surface area contributed by atoms with Gasteiger partial charge in [0.1, 0.15) is 5.92 Å². The van der Waals surface area contributed by atoms with Crippen molar-refractivity contribution in [1.29, 1.82) is 0 Å². The van der Waals surface area contributed by atoms with Crippen molar-refractivity contribution in [3.8, 4) is 0 Å². The van der Waals surface area contributed by atoms with E-state index in [-0.39, 0.29) is 5.91 Å². The van der Waals surface area contributed by atoms with E-state index in [1.807, 2.05) is 30.3 Å². The Bertz CT molecular complexity index is 480. The van der Waals surface area contributed by atoms with E-state index < -0.39 is 11.9 Å². The fourth-order valence-corrected chi connectivity index (χ4v) is 3.17. The zero-order valence-corrected chi connectivity index (χ0v) is 13.0. The van der Waals surface area contributed by atoms with Crippen LogP contribution in [-0.2, 0) is 16.0 Å². The van der Waals surface area contributed by atoms with Gasteiger partial charge >= 0.3 is 5.97 Å². The molecular formula is C18H25NO3.